The van der Waals surface area contributed by atoms with Crippen molar-refractivity contribution in [2.75, 3.05) is 0 Å². The van der Waals surface area contributed by atoms with Gasteiger partial charge in [-0.15, -0.1) is 0 Å². The van der Waals surface area contributed by atoms with Gasteiger partial charge in [0.25, 0.3) is 0 Å². The van der Waals surface area contributed by atoms with Gasteiger partial charge in [0.15, 0.2) is 11.3 Å². The average molecular weight is 150 g/mol. The Bertz CT molecular complexity index is 133. The molecular formula is C5H8ClNO2. The standard InChI is InChI=1S/C5H8ClNO2/c1-4(9)7-5(2,6)3-8/h3H,1-2H3,(H,7,9). The predicted octanol–water partition coefficient (Wildman–Crippen LogP) is 0.276. The molecule has 0 heterocycles. The molecule has 0 fully saturated rings. The van der Waals surface area contributed by atoms with Gasteiger partial charge in [0.1, 0.15) is 0 Å². The Labute approximate surface area is 58.4 Å². The monoisotopic (exact) mass is 149 g/mol. The van der Waals surface area contributed by atoms with E-state index in [4.69, 9.17) is 11.6 Å². The second kappa shape index (κ2) is 2.82. The molecule has 4 heteroatoms. The lowest BCUT2D eigenvalue weighted by atomic mass is 10.4. The van der Waals surface area contributed by atoms with Crippen LogP contribution in [0.3, 0.4) is 0 Å². The fourth-order valence-corrected chi connectivity index (χ4v) is 0.507. The van der Waals surface area contributed by atoms with Crippen LogP contribution in [0.2, 0.25) is 0 Å². The van der Waals surface area contributed by atoms with Crippen molar-refractivity contribution in [3.63, 3.8) is 0 Å². The van der Waals surface area contributed by atoms with Crippen LogP contribution < -0.4 is 5.32 Å². The molecule has 1 unspecified atom stereocenters. The van der Waals surface area contributed by atoms with Gasteiger partial charge in [0, 0.05) is 6.92 Å². The van der Waals surface area contributed by atoms with Crippen molar-refractivity contribution < 1.29 is 9.59 Å². The Kier molecular flexibility index (Phi) is 2.65. The minimum absolute atomic E-state index is 0.320. The normalized spacial score (nSPS) is 15.9. The summed E-state index contributed by atoms with van der Waals surface area (Å²) in [6, 6.07) is 0. The zero-order valence-corrected chi connectivity index (χ0v) is 6.03. The molecule has 0 aromatic rings. The Hall–Kier alpha value is -0.570. The van der Waals surface area contributed by atoms with E-state index in [1.165, 1.54) is 13.8 Å². The Morgan fingerprint density at radius 1 is 1.78 bits per heavy atom. The molecule has 0 radical (unpaired) electrons. The molecule has 1 amide bonds. The highest BCUT2D eigenvalue weighted by atomic mass is 35.5. The van der Waals surface area contributed by atoms with Gasteiger partial charge in [0.2, 0.25) is 5.91 Å². The molecule has 0 aromatic carbocycles. The molecule has 0 aliphatic carbocycles. The fourth-order valence-electron chi connectivity index (χ4n) is 0.374. The van der Waals surface area contributed by atoms with Gasteiger partial charge in [-0.05, 0) is 6.92 Å². The summed E-state index contributed by atoms with van der Waals surface area (Å²) >= 11 is 5.42. The summed E-state index contributed by atoms with van der Waals surface area (Å²) in [5, 5.41) is 2.23. The van der Waals surface area contributed by atoms with Crippen molar-refractivity contribution in [2.24, 2.45) is 0 Å². The van der Waals surface area contributed by atoms with E-state index in [1.807, 2.05) is 0 Å². The molecule has 0 saturated heterocycles. The second-order valence-corrected chi connectivity index (χ2v) is 2.66. The van der Waals surface area contributed by atoms with Gasteiger partial charge < -0.3 is 5.32 Å². The number of aldehydes is 1. The largest absolute Gasteiger partial charge is 0.332 e. The van der Waals surface area contributed by atoms with E-state index in [9.17, 15) is 9.59 Å². The van der Waals surface area contributed by atoms with Crippen LogP contribution in [0.15, 0.2) is 0 Å². The number of carbonyl (C=O) groups excluding carboxylic acids is 2. The van der Waals surface area contributed by atoms with Crippen molar-refractivity contribution in [1.82, 2.24) is 5.32 Å². The van der Waals surface area contributed by atoms with Crippen molar-refractivity contribution in [2.45, 2.75) is 18.8 Å². The molecule has 0 aliphatic rings. The first-order valence-corrected chi connectivity index (χ1v) is 2.80. The van der Waals surface area contributed by atoms with Crippen LogP contribution >= 0.6 is 11.6 Å². The quantitative estimate of drug-likeness (QED) is 0.348. The average Bonchev–Trinajstić information content (AvgIpc) is 1.63. The van der Waals surface area contributed by atoms with Gasteiger partial charge in [-0.1, -0.05) is 11.6 Å². The Morgan fingerprint density at radius 3 is 2.33 bits per heavy atom. The number of alkyl halides is 1. The molecule has 9 heavy (non-hydrogen) atoms. The van der Waals surface area contributed by atoms with E-state index >= 15 is 0 Å². The van der Waals surface area contributed by atoms with E-state index in [0.29, 0.717) is 6.29 Å². The van der Waals surface area contributed by atoms with Crippen LogP contribution in [0.5, 0.6) is 0 Å². The zero-order valence-electron chi connectivity index (χ0n) is 5.27. The molecule has 0 aliphatic heterocycles. The smallest absolute Gasteiger partial charge is 0.218 e. The van der Waals surface area contributed by atoms with Crippen molar-refractivity contribution in [3.05, 3.63) is 0 Å². The highest BCUT2D eigenvalue weighted by Crippen LogP contribution is 2.03. The topological polar surface area (TPSA) is 46.2 Å². The number of nitrogens with one attached hydrogen (secondary N) is 1. The summed E-state index contributed by atoms with van der Waals surface area (Å²) in [7, 11) is 0. The Balaban J connectivity index is 3.86. The van der Waals surface area contributed by atoms with E-state index in [1.54, 1.807) is 0 Å². The SMILES string of the molecule is CC(=O)NC(C)(Cl)C=O. The highest BCUT2D eigenvalue weighted by Gasteiger charge is 2.19. The molecule has 0 spiro atoms. The number of hydrogen-bond donors (Lipinski definition) is 1. The maximum absolute atomic E-state index is 10.3. The van der Waals surface area contributed by atoms with E-state index in [-0.39, 0.29) is 5.91 Å². The maximum atomic E-state index is 10.3. The number of carbonyl (C=O) groups is 2. The lowest BCUT2D eigenvalue weighted by Gasteiger charge is -2.13. The molecule has 0 saturated carbocycles. The minimum Gasteiger partial charge on any atom is -0.332 e. The first-order valence-electron chi connectivity index (χ1n) is 2.42. The summed E-state index contributed by atoms with van der Waals surface area (Å²) < 4.78 is 0. The van der Waals surface area contributed by atoms with Crippen LogP contribution in [0.25, 0.3) is 0 Å². The second-order valence-electron chi connectivity index (χ2n) is 1.87. The van der Waals surface area contributed by atoms with Crippen LogP contribution in [-0.2, 0) is 9.59 Å². The van der Waals surface area contributed by atoms with E-state index in [2.05, 4.69) is 5.32 Å². The molecule has 52 valence electrons. The minimum atomic E-state index is -1.24. The first kappa shape index (κ1) is 8.43. The van der Waals surface area contributed by atoms with Gasteiger partial charge in [0.05, 0.1) is 0 Å². The van der Waals surface area contributed by atoms with Crippen molar-refractivity contribution in [3.8, 4) is 0 Å². The van der Waals surface area contributed by atoms with Crippen molar-refractivity contribution >= 4 is 23.8 Å². The lowest BCUT2D eigenvalue weighted by Crippen LogP contribution is -2.41. The number of amides is 1. The first-order chi connectivity index (χ1) is 3.98. The summed E-state index contributed by atoms with van der Waals surface area (Å²) in [4.78, 5) is 19.0. The zero-order chi connectivity index (χ0) is 7.49. The molecule has 0 aromatic heterocycles. The third-order valence-corrected chi connectivity index (χ3v) is 0.825. The van der Waals surface area contributed by atoms with Gasteiger partial charge in [-0.25, -0.2) is 0 Å². The molecule has 1 atom stereocenters. The summed E-state index contributed by atoms with van der Waals surface area (Å²) in [5.74, 6) is -0.320. The van der Waals surface area contributed by atoms with Crippen LogP contribution in [0.4, 0.5) is 0 Å². The fraction of sp³-hybridized carbons (Fsp3) is 0.600. The Morgan fingerprint density at radius 2 is 2.22 bits per heavy atom. The lowest BCUT2D eigenvalue weighted by molar-refractivity contribution is -0.122. The third kappa shape index (κ3) is 3.97. The third-order valence-electron chi connectivity index (χ3n) is 0.642. The number of hydrogen-bond acceptors (Lipinski definition) is 2. The molecule has 1 N–H and O–H groups in total. The molecule has 0 bridgehead atoms. The van der Waals surface area contributed by atoms with Gasteiger partial charge in [-0.3, -0.25) is 9.59 Å². The predicted molar refractivity (Wildman–Crippen MR) is 34.1 cm³/mol. The van der Waals surface area contributed by atoms with Crippen molar-refractivity contribution in [1.29, 1.82) is 0 Å². The highest BCUT2D eigenvalue weighted by molar-refractivity contribution is 6.31. The number of halogens is 1. The van der Waals surface area contributed by atoms with Gasteiger partial charge in [-0.2, -0.15) is 0 Å². The molecule has 3 nitrogen and oxygen atoms in total. The maximum Gasteiger partial charge on any atom is 0.218 e. The number of rotatable bonds is 2. The van der Waals surface area contributed by atoms with Crippen LogP contribution in [-0.4, -0.2) is 17.2 Å². The van der Waals surface area contributed by atoms with E-state index in [0.717, 1.165) is 0 Å². The summed E-state index contributed by atoms with van der Waals surface area (Å²) in [6.07, 6.45) is 0.468. The van der Waals surface area contributed by atoms with Crippen LogP contribution in [0, 0.1) is 0 Å². The molecule has 0 rings (SSSR count). The van der Waals surface area contributed by atoms with Crippen LogP contribution in [0.1, 0.15) is 13.8 Å². The summed E-state index contributed by atoms with van der Waals surface area (Å²) in [5.41, 5.74) is 0. The summed E-state index contributed by atoms with van der Waals surface area (Å²) in [6.45, 7) is 2.70. The van der Waals surface area contributed by atoms with Gasteiger partial charge >= 0.3 is 0 Å². The van der Waals surface area contributed by atoms with E-state index < -0.39 is 5.00 Å². The molecular weight excluding hydrogens is 142 g/mol.